The van der Waals surface area contributed by atoms with E-state index in [0.717, 1.165) is 0 Å². The van der Waals surface area contributed by atoms with Crippen molar-refractivity contribution in [2.45, 2.75) is 0 Å². The summed E-state index contributed by atoms with van der Waals surface area (Å²) in [6.07, 6.45) is 0. The lowest BCUT2D eigenvalue weighted by atomic mass is 10.1. The number of para-hydroxylation sites is 2. The maximum atomic E-state index is 13.0. The van der Waals surface area contributed by atoms with Gasteiger partial charge in [0.2, 0.25) is 5.75 Å². The van der Waals surface area contributed by atoms with Gasteiger partial charge in [-0.05, 0) is 48.5 Å². The van der Waals surface area contributed by atoms with Crippen LogP contribution in [0.4, 0.5) is 5.69 Å². The van der Waals surface area contributed by atoms with Crippen molar-refractivity contribution in [3.63, 3.8) is 0 Å². The molecule has 1 heterocycles. The molecule has 3 aromatic carbocycles. The number of hydrazone groups is 1. The Hall–Kier alpha value is -4.57. The normalized spacial score (nSPS) is 11.1. The molecule has 4 aromatic rings. The van der Waals surface area contributed by atoms with Crippen LogP contribution in [0.25, 0.3) is 11.4 Å². The Morgan fingerprint density at radius 1 is 0.892 bits per heavy atom. The van der Waals surface area contributed by atoms with E-state index < -0.39 is 5.56 Å². The highest BCUT2D eigenvalue weighted by molar-refractivity contribution is 6.30. The summed E-state index contributed by atoms with van der Waals surface area (Å²) in [5, 5.41) is 11.7. The van der Waals surface area contributed by atoms with Crippen LogP contribution < -0.4 is 29.9 Å². The standard InChI is InChI=1S/C26H24ClN5O5/c1-34-19-8-6-5-7-18(19)29-30-22(16-13-20(35-2)24(37-4)21(14-16)36-3)23-26(33)32-31-25(28-23)15-9-11-17(27)12-10-15/h5-14,29H,1-4H3,(H,32,33)/b30-22+. The molecule has 0 atom stereocenters. The molecule has 0 fully saturated rings. The molecule has 11 heteroatoms. The molecule has 1 aromatic heterocycles. The molecule has 10 nitrogen and oxygen atoms in total. The Balaban J connectivity index is 1.92. The van der Waals surface area contributed by atoms with E-state index in [9.17, 15) is 4.79 Å². The summed E-state index contributed by atoms with van der Waals surface area (Å²) < 4.78 is 21.9. The first-order chi connectivity index (χ1) is 18.0. The molecule has 0 aliphatic rings. The first kappa shape index (κ1) is 25.5. The van der Waals surface area contributed by atoms with E-state index in [1.54, 1.807) is 55.6 Å². The van der Waals surface area contributed by atoms with Crippen LogP contribution in [0.2, 0.25) is 5.02 Å². The van der Waals surface area contributed by atoms with Gasteiger partial charge >= 0.3 is 0 Å². The fourth-order valence-electron chi connectivity index (χ4n) is 3.55. The second-order valence-corrected chi connectivity index (χ2v) is 7.97. The van der Waals surface area contributed by atoms with Crippen molar-refractivity contribution in [1.82, 2.24) is 15.2 Å². The average molecular weight is 522 g/mol. The van der Waals surface area contributed by atoms with Gasteiger partial charge in [-0.3, -0.25) is 10.2 Å². The summed E-state index contributed by atoms with van der Waals surface area (Å²) in [6.45, 7) is 0. The number of nitrogens with zero attached hydrogens (tertiary/aromatic N) is 3. The van der Waals surface area contributed by atoms with Crippen molar-refractivity contribution in [3.05, 3.63) is 87.3 Å². The first-order valence-electron chi connectivity index (χ1n) is 11.0. The highest BCUT2D eigenvalue weighted by Crippen LogP contribution is 2.38. The topological polar surface area (TPSA) is 120 Å². The molecule has 0 spiro atoms. The van der Waals surface area contributed by atoms with Crippen LogP contribution in [-0.4, -0.2) is 49.3 Å². The Morgan fingerprint density at radius 2 is 1.54 bits per heavy atom. The number of ether oxygens (including phenoxy) is 4. The van der Waals surface area contributed by atoms with Gasteiger partial charge in [0.25, 0.3) is 5.56 Å². The largest absolute Gasteiger partial charge is 0.495 e. The zero-order valence-corrected chi connectivity index (χ0v) is 21.3. The van der Waals surface area contributed by atoms with Gasteiger partial charge in [0.05, 0.1) is 34.1 Å². The minimum absolute atomic E-state index is 0.0108. The van der Waals surface area contributed by atoms with Gasteiger partial charge in [0.1, 0.15) is 11.5 Å². The highest BCUT2D eigenvalue weighted by atomic mass is 35.5. The van der Waals surface area contributed by atoms with Gasteiger partial charge in [-0.1, -0.05) is 23.7 Å². The molecule has 0 aliphatic carbocycles. The van der Waals surface area contributed by atoms with Crippen molar-refractivity contribution in [1.29, 1.82) is 0 Å². The van der Waals surface area contributed by atoms with Crippen LogP contribution in [0.15, 0.2) is 70.6 Å². The van der Waals surface area contributed by atoms with Crippen LogP contribution >= 0.6 is 11.6 Å². The maximum Gasteiger partial charge on any atom is 0.292 e. The monoisotopic (exact) mass is 521 g/mol. The van der Waals surface area contributed by atoms with Crippen LogP contribution in [-0.2, 0) is 0 Å². The van der Waals surface area contributed by atoms with E-state index in [-0.39, 0.29) is 17.2 Å². The molecule has 0 unspecified atom stereocenters. The third-order valence-corrected chi connectivity index (χ3v) is 5.61. The van der Waals surface area contributed by atoms with Gasteiger partial charge < -0.3 is 18.9 Å². The van der Waals surface area contributed by atoms with E-state index in [4.69, 9.17) is 30.5 Å². The molecule has 0 aliphatic heterocycles. The summed E-state index contributed by atoms with van der Waals surface area (Å²) in [6, 6.07) is 17.5. The third-order valence-electron chi connectivity index (χ3n) is 5.36. The lowest BCUT2D eigenvalue weighted by molar-refractivity contribution is 0.324. The molecular formula is C26H24ClN5O5. The second kappa shape index (κ2) is 11.4. The van der Waals surface area contributed by atoms with E-state index in [1.807, 2.05) is 12.1 Å². The molecule has 0 bridgehead atoms. The number of hydrogen-bond acceptors (Lipinski definition) is 9. The fourth-order valence-corrected chi connectivity index (χ4v) is 3.68. The number of aromatic nitrogens is 3. The summed E-state index contributed by atoms with van der Waals surface area (Å²) >= 11 is 6.02. The van der Waals surface area contributed by atoms with E-state index >= 15 is 0 Å². The van der Waals surface area contributed by atoms with E-state index in [2.05, 4.69) is 25.7 Å². The molecule has 0 saturated carbocycles. The van der Waals surface area contributed by atoms with Gasteiger partial charge in [0.15, 0.2) is 23.0 Å². The Kier molecular flexibility index (Phi) is 7.89. The number of hydrogen-bond donors (Lipinski definition) is 2. The number of aromatic amines is 1. The van der Waals surface area contributed by atoms with E-state index in [1.165, 1.54) is 21.3 Å². The van der Waals surface area contributed by atoms with Gasteiger partial charge in [-0.2, -0.15) is 10.2 Å². The smallest absolute Gasteiger partial charge is 0.292 e. The Labute approximate surface area is 217 Å². The predicted molar refractivity (Wildman–Crippen MR) is 141 cm³/mol. The molecule has 37 heavy (non-hydrogen) atoms. The minimum Gasteiger partial charge on any atom is -0.495 e. The molecule has 190 valence electrons. The molecule has 2 N–H and O–H groups in total. The minimum atomic E-state index is -0.549. The molecule has 4 rings (SSSR count). The van der Waals surface area contributed by atoms with Crippen molar-refractivity contribution < 1.29 is 18.9 Å². The van der Waals surface area contributed by atoms with Crippen molar-refractivity contribution in [3.8, 4) is 34.4 Å². The number of rotatable bonds is 9. The number of halogens is 1. The van der Waals surface area contributed by atoms with Crippen molar-refractivity contribution >= 4 is 23.0 Å². The van der Waals surface area contributed by atoms with Crippen LogP contribution in [0.5, 0.6) is 23.0 Å². The molecule has 0 saturated heterocycles. The zero-order chi connectivity index (χ0) is 26.4. The lowest BCUT2D eigenvalue weighted by Gasteiger charge is -2.15. The lowest BCUT2D eigenvalue weighted by Crippen LogP contribution is -2.24. The summed E-state index contributed by atoms with van der Waals surface area (Å²) in [4.78, 5) is 17.6. The molecular weight excluding hydrogens is 498 g/mol. The maximum absolute atomic E-state index is 13.0. The van der Waals surface area contributed by atoms with Crippen LogP contribution in [0.3, 0.4) is 0 Å². The average Bonchev–Trinajstić information content (AvgIpc) is 2.94. The summed E-state index contributed by atoms with van der Waals surface area (Å²) in [5.41, 5.74) is 4.35. The van der Waals surface area contributed by atoms with Crippen LogP contribution in [0.1, 0.15) is 11.3 Å². The second-order valence-electron chi connectivity index (χ2n) is 7.53. The third kappa shape index (κ3) is 5.49. The quantitative estimate of drug-likeness (QED) is 0.246. The van der Waals surface area contributed by atoms with E-state index in [0.29, 0.717) is 44.8 Å². The SMILES string of the molecule is COc1ccccc1N/N=C(\c1cc(OC)c(OC)c(OC)c1)c1nc(-c2ccc(Cl)cc2)n[nH]c1=O. The fraction of sp³-hybridized carbons (Fsp3) is 0.154. The van der Waals surface area contributed by atoms with Gasteiger partial charge in [0, 0.05) is 16.1 Å². The number of anilines is 1. The van der Waals surface area contributed by atoms with Crippen molar-refractivity contribution in [2.24, 2.45) is 5.10 Å². The summed E-state index contributed by atoms with van der Waals surface area (Å²) in [5.74, 6) is 2.00. The van der Waals surface area contributed by atoms with Crippen molar-refractivity contribution in [2.75, 3.05) is 33.9 Å². The number of nitrogens with one attached hydrogen (secondary N) is 2. The zero-order valence-electron chi connectivity index (χ0n) is 20.5. The predicted octanol–water partition coefficient (Wildman–Crippen LogP) is 4.38. The highest BCUT2D eigenvalue weighted by Gasteiger charge is 2.21. The number of benzene rings is 3. The number of methoxy groups -OCH3 is 4. The number of H-pyrrole nitrogens is 1. The van der Waals surface area contributed by atoms with Gasteiger partial charge in [-0.25, -0.2) is 10.1 Å². The van der Waals surface area contributed by atoms with Crippen LogP contribution in [0, 0.1) is 0 Å². The Morgan fingerprint density at radius 3 is 2.16 bits per heavy atom. The van der Waals surface area contributed by atoms with Gasteiger partial charge in [-0.15, -0.1) is 0 Å². The molecule has 0 amide bonds. The summed E-state index contributed by atoms with van der Waals surface area (Å²) in [7, 11) is 6.06. The first-order valence-corrected chi connectivity index (χ1v) is 11.4. The molecule has 0 radical (unpaired) electrons. The Bertz CT molecular complexity index is 1460.